The lowest BCUT2D eigenvalue weighted by Crippen LogP contribution is -2.07. The highest BCUT2D eigenvalue weighted by Crippen LogP contribution is 2.27. The van der Waals surface area contributed by atoms with E-state index >= 15 is 0 Å². The minimum atomic E-state index is -0.321. The number of carbonyl (C=O) groups excluding carboxylic acids is 1. The lowest BCUT2D eigenvalue weighted by Gasteiger charge is -2.11. The molecule has 2 rings (SSSR count). The van der Waals surface area contributed by atoms with Crippen LogP contribution in [0.4, 0.5) is 0 Å². The lowest BCUT2D eigenvalue weighted by molar-refractivity contribution is 0.0991. The average Bonchev–Trinajstić information content (AvgIpc) is 2.46. The van der Waals surface area contributed by atoms with Gasteiger partial charge in [-0.05, 0) is 35.2 Å². The Morgan fingerprint density at radius 2 is 1.79 bits per heavy atom. The maximum absolute atomic E-state index is 12.5. The molecule has 0 saturated heterocycles. The molecule has 0 spiro atoms. The zero-order valence-corrected chi connectivity index (χ0v) is 12.6. The fraction of sp³-hybridized carbons (Fsp3) is 0.250. The number of hydrogen-bond acceptors (Lipinski definition) is 2. The summed E-state index contributed by atoms with van der Waals surface area (Å²) in [6.07, 6.45) is 3.39. The van der Waals surface area contributed by atoms with Gasteiger partial charge in [-0.2, -0.15) is 0 Å². The van der Waals surface area contributed by atoms with Crippen LogP contribution >= 0.6 is 15.9 Å². The summed E-state index contributed by atoms with van der Waals surface area (Å²) in [5.41, 5.74) is 2.85. The number of nitrogens with zero attached hydrogens (tertiary/aromatic N) is 1. The summed E-state index contributed by atoms with van der Waals surface area (Å²) in [7, 11) is 0. The standard InChI is InChI=1S/C16H16BrNO/c1-11(2)13-4-3-5-14(10-13)16(19)15(17)12-6-8-18-9-7-12/h3-11,15H,1-2H3. The van der Waals surface area contributed by atoms with Gasteiger partial charge in [-0.25, -0.2) is 0 Å². The van der Waals surface area contributed by atoms with E-state index in [4.69, 9.17) is 0 Å². The Kier molecular flexibility index (Phi) is 4.48. The number of hydrogen-bond donors (Lipinski definition) is 0. The second-order valence-electron chi connectivity index (χ2n) is 4.79. The van der Waals surface area contributed by atoms with E-state index in [-0.39, 0.29) is 10.6 Å². The summed E-state index contributed by atoms with van der Waals surface area (Å²) < 4.78 is 0. The van der Waals surface area contributed by atoms with Crippen LogP contribution in [-0.4, -0.2) is 10.8 Å². The molecule has 0 aliphatic heterocycles. The highest BCUT2D eigenvalue weighted by Gasteiger charge is 2.19. The Morgan fingerprint density at radius 3 is 2.42 bits per heavy atom. The van der Waals surface area contributed by atoms with Crippen LogP contribution in [-0.2, 0) is 0 Å². The van der Waals surface area contributed by atoms with Gasteiger partial charge in [0.25, 0.3) is 0 Å². The topological polar surface area (TPSA) is 30.0 Å². The van der Waals surface area contributed by atoms with Gasteiger partial charge in [0.15, 0.2) is 5.78 Å². The summed E-state index contributed by atoms with van der Waals surface area (Å²) in [6.45, 7) is 4.25. The summed E-state index contributed by atoms with van der Waals surface area (Å²) >= 11 is 3.47. The number of pyridine rings is 1. The van der Waals surface area contributed by atoms with Gasteiger partial charge in [-0.15, -0.1) is 0 Å². The normalized spacial score (nSPS) is 12.4. The third-order valence-corrected chi connectivity index (χ3v) is 4.01. The van der Waals surface area contributed by atoms with Crippen molar-refractivity contribution in [3.05, 3.63) is 65.5 Å². The van der Waals surface area contributed by atoms with E-state index in [1.807, 2.05) is 30.3 Å². The number of Topliss-reactive ketones (excluding diaryl/α,β-unsaturated/α-hetero) is 1. The molecule has 1 unspecified atom stereocenters. The first kappa shape index (κ1) is 13.9. The maximum atomic E-state index is 12.5. The Labute approximate surface area is 122 Å². The van der Waals surface area contributed by atoms with Gasteiger partial charge in [0.2, 0.25) is 0 Å². The molecular weight excluding hydrogens is 302 g/mol. The first-order valence-electron chi connectivity index (χ1n) is 6.27. The second kappa shape index (κ2) is 6.11. The van der Waals surface area contributed by atoms with Gasteiger partial charge in [-0.1, -0.05) is 48.0 Å². The van der Waals surface area contributed by atoms with Crippen LogP contribution < -0.4 is 0 Å². The van der Waals surface area contributed by atoms with Crippen LogP contribution in [0.3, 0.4) is 0 Å². The largest absolute Gasteiger partial charge is 0.293 e. The van der Waals surface area contributed by atoms with Crippen LogP contribution in [0, 0.1) is 0 Å². The molecule has 1 aromatic heterocycles. The molecule has 0 bridgehead atoms. The Balaban J connectivity index is 2.27. The predicted molar refractivity (Wildman–Crippen MR) is 80.8 cm³/mol. The molecular formula is C16H16BrNO. The minimum absolute atomic E-state index is 0.0775. The molecule has 19 heavy (non-hydrogen) atoms. The van der Waals surface area contributed by atoms with Gasteiger partial charge in [0.1, 0.15) is 4.83 Å². The van der Waals surface area contributed by atoms with Crippen LogP contribution in [0.2, 0.25) is 0 Å². The van der Waals surface area contributed by atoms with Crippen molar-refractivity contribution in [2.24, 2.45) is 0 Å². The molecule has 0 aliphatic carbocycles. The van der Waals surface area contributed by atoms with Crippen molar-refractivity contribution in [2.75, 3.05) is 0 Å². The Morgan fingerprint density at radius 1 is 1.11 bits per heavy atom. The molecule has 0 aliphatic rings. The monoisotopic (exact) mass is 317 g/mol. The summed E-state index contributed by atoms with van der Waals surface area (Å²) in [5, 5.41) is 0. The van der Waals surface area contributed by atoms with Crippen LogP contribution in [0.1, 0.15) is 46.1 Å². The van der Waals surface area contributed by atoms with Crippen molar-refractivity contribution in [3.8, 4) is 0 Å². The Bertz CT molecular complexity index is 566. The molecule has 3 heteroatoms. The molecule has 0 N–H and O–H groups in total. The zero-order chi connectivity index (χ0) is 13.8. The number of benzene rings is 1. The molecule has 98 valence electrons. The highest BCUT2D eigenvalue weighted by molar-refractivity contribution is 9.09. The molecule has 0 fully saturated rings. The van der Waals surface area contributed by atoms with Crippen LogP contribution in [0.25, 0.3) is 0 Å². The van der Waals surface area contributed by atoms with Gasteiger partial charge >= 0.3 is 0 Å². The summed E-state index contributed by atoms with van der Waals surface area (Å²) in [4.78, 5) is 16.1. The number of rotatable bonds is 4. The summed E-state index contributed by atoms with van der Waals surface area (Å²) in [6, 6.07) is 11.5. The predicted octanol–water partition coefficient (Wildman–Crippen LogP) is 4.52. The molecule has 1 atom stereocenters. The number of aromatic nitrogens is 1. The fourth-order valence-electron chi connectivity index (χ4n) is 1.88. The Hall–Kier alpha value is -1.48. The van der Waals surface area contributed by atoms with E-state index in [9.17, 15) is 4.79 Å². The lowest BCUT2D eigenvalue weighted by atomic mass is 9.97. The van der Waals surface area contributed by atoms with Crippen molar-refractivity contribution < 1.29 is 4.79 Å². The van der Waals surface area contributed by atoms with Gasteiger partial charge in [0, 0.05) is 18.0 Å². The molecule has 2 nitrogen and oxygen atoms in total. The average molecular weight is 318 g/mol. The van der Waals surface area contributed by atoms with E-state index in [1.54, 1.807) is 12.4 Å². The van der Waals surface area contributed by atoms with Crippen LogP contribution in [0.15, 0.2) is 48.8 Å². The third-order valence-electron chi connectivity index (χ3n) is 3.07. The van der Waals surface area contributed by atoms with E-state index in [1.165, 1.54) is 5.56 Å². The fourth-order valence-corrected chi connectivity index (χ4v) is 2.45. The molecule has 2 aromatic rings. The first-order chi connectivity index (χ1) is 9.09. The van der Waals surface area contributed by atoms with Crippen molar-refractivity contribution in [3.63, 3.8) is 0 Å². The molecule has 0 radical (unpaired) electrons. The van der Waals surface area contributed by atoms with Gasteiger partial charge < -0.3 is 0 Å². The maximum Gasteiger partial charge on any atom is 0.180 e. The number of carbonyl (C=O) groups is 1. The molecule has 0 amide bonds. The molecule has 1 aromatic carbocycles. The smallest absolute Gasteiger partial charge is 0.180 e. The van der Waals surface area contributed by atoms with E-state index in [2.05, 4.69) is 40.8 Å². The van der Waals surface area contributed by atoms with E-state index < -0.39 is 0 Å². The number of ketones is 1. The number of alkyl halides is 1. The van der Waals surface area contributed by atoms with E-state index in [0.29, 0.717) is 5.92 Å². The van der Waals surface area contributed by atoms with Crippen molar-refractivity contribution >= 4 is 21.7 Å². The first-order valence-corrected chi connectivity index (χ1v) is 7.19. The van der Waals surface area contributed by atoms with Crippen molar-refractivity contribution in [1.29, 1.82) is 0 Å². The molecule has 1 heterocycles. The second-order valence-corrected chi connectivity index (χ2v) is 5.70. The quantitative estimate of drug-likeness (QED) is 0.612. The van der Waals surface area contributed by atoms with Gasteiger partial charge in [0.05, 0.1) is 0 Å². The van der Waals surface area contributed by atoms with Gasteiger partial charge in [-0.3, -0.25) is 9.78 Å². The van der Waals surface area contributed by atoms with Crippen molar-refractivity contribution in [2.45, 2.75) is 24.6 Å². The van der Waals surface area contributed by atoms with Crippen LogP contribution in [0.5, 0.6) is 0 Å². The summed E-state index contributed by atoms with van der Waals surface area (Å²) in [5.74, 6) is 0.496. The number of halogens is 1. The van der Waals surface area contributed by atoms with E-state index in [0.717, 1.165) is 11.1 Å². The minimum Gasteiger partial charge on any atom is -0.293 e. The highest BCUT2D eigenvalue weighted by atomic mass is 79.9. The van der Waals surface area contributed by atoms with Crippen molar-refractivity contribution in [1.82, 2.24) is 4.98 Å². The zero-order valence-electron chi connectivity index (χ0n) is 11.0. The molecule has 0 saturated carbocycles. The SMILES string of the molecule is CC(C)c1cccc(C(=O)C(Br)c2ccncc2)c1. The third kappa shape index (κ3) is 3.29.